The third-order valence-electron chi connectivity index (χ3n) is 9.43. The lowest BCUT2D eigenvalue weighted by Crippen LogP contribution is -2.19. The maximum atomic E-state index is 6.38. The molecule has 0 atom stereocenters. The van der Waals surface area contributed by atoms with E-state index in [0.29, 0.717) is 20.1 Å². The van der Waals surface area contributed by atoms with Gasteiger partial charge in [0.25, 0.3) is 0 Å². The summed E-state index contributed by atoms with van der Waals surface area (Å²) in [5.41, 5.74) is 11.8. The molecule has 5 heterocycles. The Morgan fingerprint density at radius 3 is 0.654 bits per heavy atom. The van der Waals surface area contributed by atoms with E-state index in [9.17, 15) is 0 Å². The highest BCUT2D eigenvalue weighted by Gasteiger charge is 2.18. The summed E-state index contributed by atoms with van der Waals surface area (Å²) in [5.74, 6) is 0. The van der Waals surface area contributed by atoms with Gasteiger partial charge in [0.05, 0.1) is 0 Å². The van der Waals surface area contributed by atoms with Crippen LogP contribution in [0.25, 0.3) is 22.3 Å². The van der Waals surface area contributed by atoms with Crippen molar-refractivity contribution in [2.45, 2.75) is 0 Å². The maximum Gasteiger partial charge on any atom is 0.0485 e. The molecule has 9 rings (SSSR count). The minimum absolute atomic E-state index is 0.675. The van der Waals surface area contributed by atoms with Crippen molar-refractivity contribution in [3.05, 3.63) is 232 Å². The maximum absolute atomic E-state index is 6.38. The average Bonchev–Trinajstić information content (AvgIpc) is 3.99. The van der Waals surface area contributed by atoms with E-state index in [2.05, 4.69) is 68.5 Å². The molecule has 0 radical (unpaired) electrons. The second-order valence-corrected chi connectivity index (χ2v) is 14.4. The van der Waals surface area contributed by atoms with Gasteiger partial charge in [0, 0.05) is 86.6 Å². The zero-order valence-corrected chi connectivity index (χ0v) is 30.4. The van der Waals surface area contributed by atoms with Crippen LogP contribution in [0.4, 0.5) is 0 Å². The molecular weight excluding hydrogens is 726 g/mol. The van der Waals surface area contributed by atoms with Crippen LogP contribution in [0, 0.1) is 0 Å². The minimum Gasteiger partial charge on any atom is -0.354 e. The van der Waals surface area contributed by atoms with Crippen LogP contribution in [0.2, 0.25) is 20.1 Å². The van der Waals surface area contributed by atoms with E-state index in [0.717, 1.165) is 88.7 Å². The van der Waals surface area contributed by atoms with Gasteiger partial charge in [-0.3, -0.25) is 0 Å². The van der Waals surface area contributed by atoms with Gasteiger partial charge >= 0.3 is 0 Å². The first-order valence-corrected chi connectivity index (χ1v) is 18.2. The number of hydrogen-bond acceptors (Lipinski definition) is 0. The second-order valence-electron chi connectivity index (χ2n) is 12.7. The van der Waals surface area contributed by atoms with Crippen LogP contribution in [-0.4, -0.2) is 19.9 Å². The van der Waals surface area contributed by atoms with E-state index >= 15 is 0 Å². The number of H-pyrrole nitrogens is 4. The Kier molecular flexibility index (Phi) is 8.33. The molecule has 0 fully saturated rings. The SMILES string of the molecule is Clc1ccc(C2=c3ccc([nH]3)=C(c3ccc(Cl)cc3)c3ccc([nH]3)C(c3ccc(Cl)cc3)=c3ccc([nH]3)=C(c3ccc(Cl)cc3)c3ccc2[nH]3)cc1. The fraction of sp³-hybridized carbons (Fsp3) is 0. The van der Waals surface area contributed by atoms with Crippen LogP contribution >= 0.6 is 46.4 Å². The van der Waals surface area contributed by atoms with Crippen molar-refractivity contribution in [1.82, 2.24) is 19.9 Å². The predicted octanol–water partition coefficient (Wildman–Crippen LogP) is 8.92. The van der Waals surface area contributed by atoms with Gasteiger partial charge in [-0.15, -0.1) is 0 Å². The monoisotopic (exact) mass is 752 g/mol. The Morgan fingerprint density at radius 2 is 0.442 bits per heavy atom. The van der Waals surface area contributed by atoms with Crippen molar-refractivity contribution in [1.29, 1.82) is 0 Å². The molecule has 4 aromatic heterocycles. The van der Waals surface area contributed by atoms with E-state index in [-0.39, 0.29) is 0 Å². The normalized spacial score (nSPS) is 12.8. The highest BCUT2D eigenvalue weighted by atomic mass is 35.5. The number of benzene rings is 4. The molecule has 8 heteroatoms. The van der Waals surface area contributed by atoms with E-state index in [1.807, 2.05) is 97.1 Å². The number of fused-ring (bicyclic) bond motifs is 8. The number of rotatable bonds is 4. The lowest BCUT2D eigenvalue weighted by atomic mass is 10.0. The number of aromatic amines is 4. The quantitative estimate of drug-likeness (QED) is 0.139. The number of halogens is 4. The van der Waals surface area contributed by atoms with E-state index in [1.165, 1.54) is 0 Å². The largest absolute Gasteiger partial charge is 0.354 e. The molecule has 4 aromatic carbocycles. The van der Waals surface area contributed by atoms with Gasteiger partial charge in [0.15, 0.2) is 0 Å². The molecule has 0 unspecified atom stereocenters. The Morgan fingerprint density at radius 1 is 0.231 bits per heavy atom. The van der Waals surface area contributed by atoms with Crippen LogP contribution in [0.3, 0.4) is 0 Å². The molecular formula is C44H28Cl4N4. The summed E-state index contributed by atoms with van der Waals surface area (Å²) >= 11 is 25.5. The number of aromatic nitrogens is 4. The molecule has 0 saturated heterocycles. The number of hydrogen-bond donors (Lipinski definition) is 4. The summed E-state index contributed by atoms with van der Waals surface area (Å²) in [6.45, 7) is 0. The van der Waals surface area contributed by atoms with E-state index in [4.69, 9.17) is 46.4 Å². The highest BCUT2D eigenvalue weighted by Crippen LogP contribution is 2.29. The third-order valence-corrected chi connectivity index (χ3v) is 10.4. The summed E-state index contributed by atoms with van der Waals surface area (Å²) in [6, 6.07) is 48.8. The van der Waals surface area contributed by atoms with Gasteiger partial charge in [-0.2, -0.15) is 0 Å². The lowest BCUT2D eigenvalue weighted by molar-refractivity contribution is 1.19. The van der Waals surface area contributed by atoms with Gasteiger partial charge in [0.2, 0.25) is 0 Å². The van der Waals surface area contributed by atoms with Crippen molar-refractivity contribution >= 4 is 68.7 Å². The second kappa shape index (κ2) is 13.3. The molecule has 0 spiro atoms. The molecule has 4 nitrogen and oxygen atoms in total. The lowest BCUT2D eigenvalue weighted by Gasteiger charge is -2.10. The molecule has 1 aliphatic rings. The Labute approximate surface area is 319 Å². The van der Waals surface area contributed by atoms with Crippen molar-refractivity contribution in [3.63, 3.8) is 0 Å². The molecule has 8 bridgehead atoms. The molecule has 0 aliphatic carbocycles. The summed E-state index contributed by atoms with van der Waals surface area (Å²) < 4.78 is 0. The van der Waals surface area contributed by atoms with Gasteiger partial charge in [0.1, 0.15) is 0 Å². The summed E-state index contributed by atoms with van der Waals surface area (Å²) in [6.07, 6.45) is 0. The summed E-state index contributed by atoms with van der Waals surface area (Å²) in [5, 5.41) is 6.47. The van der Waals surface area contributed by atoms with E-state index in [1.54, 1.807) is 0 Å². The molecule has 0 amide bonds. The summed E-state index contributed by atoms with van der Waals surface area (Å²) in [4.78, 5) is 15.2. The van der Waals surface area contributed by atoms with Crippen LogP contribution < -0.4 is 21.4 Å². The van der Waals surface area contributed by atoms with E-state index < -0.39 is 0 Å². The third kappa shape index (κ3) is 6.04. The van der Waals surface area contributed by atoms with Gasteiger partial charge in [-0.05, 0) is 119 Å². The molecule has 52 heavy (non-hydrogen) atoms. The average molecular weight is 755 g/mol. The van der Waals surface area contributed by atoms with Gasteiger partial charge < -0.3 is 19.9 Å². The standard InChI is InChI=1S/C44H28Cl4N4/c45-29-9-1-25(2-10-29)41-33-17-19-35(49-33)42(26-3-11-30(46)12-4-26)37-21-23-39(51-37)44(28-7-15-32(48)16-8-28)40-24-22-38(52-40)43(36-20-18-34(41)50-36)27-5-13-31(47)14-6-27/h1-24,49-52H. The highest BCUT2D eigenvalue weighted by molar-refractivity contribution is 6.31. The predicted molar refractivity (Wildman–Crippen MR) is 214 cm³/mol. The van der Waals surface area contributed by atoms with Crippen molar-refractivity contribution in [2.24, 2.45) is 0 Å². The fourth-order valence-electron chi connectivity index (χ4n) is 7.04. The van der Waals surface area contributed by atoms with Crippen molar-refractivity contribution in [3.8, 4) is 0 Å². The zero-order chi connectivity index (χ0) is 35.3. The minimum atomic E-state index is 0.675. The van der Waals surface area contributed by atoms with Crippen LogP contribution in [-0.2, 0) is 0 Å². The molecule has 0 saturated carbocycles. The smallest absolute Gasteiger partial charge is 0.0485 e. The Bertz CT molecular complexity index is 2460. The van der Waals surface area contributed by atoms with Crippen LogP contribution in [0.1, 0.15) is 45.0 Å². The summed E-state index contributed by atoms with van der Waals surface area (Å²) in [7, 11) is 0. The van der Waals surface area contributed by atoms with Gasteiger partial charge in [-0.1, -0.05) is 94.9 Å². The van der Waals surface area contributed by atoms with Gasteiger partial charge in [-0.25, -0.2) is 0 Å². The van der Waals surface area contributed by atoms with Crippen LogP contribution in [0.15, 0.2) is 146 Å². The Hall–Kier alpha value is -5.36. The Balaban J connectivity index is 1.43. The molecule has 4 N–H and O–H groups in total. The van der Waals surface area contributed by atoms with Crippen molar-refractivity contribution < 1.29 is 0 Å². The first kappa shape index (κ1) is 32.5. The topological polar surface area (TPSA) is 63.2 Å². The molecule has 1 aliphatic heterocycles. The fourth-order valence-corrected chi connectivity index (χ4v) is 7.54. The zero-order valence-electron chi connectivity index (χ0n) is 27.4. The van der Waals surface area contributed by atoms with Crippen molar-refractivity contribution in [2.75, 3.05) is 0 Å². The first-order valence-electron chi connectivity index (χ1n) is 16.7. The molecule has 8 aromatic rings. The molecule has 252 valence electrons. The van der Waals surface area contributed by atoms with Crippen LogP contribution in [0.5, 0.6) is 0 Å². The number of nitrogens with one attached hydrogen (secondary N) is 4. The first-order chi connectivity index (χ1) is 25.4.